The van der Waals surface area contributed by atoms with Gasteiger partial charge >= 0.3 is 0 Å². The van der Waals surface area contributed by atoms with Crippen molar-refractivity contribution < 1.29 is 22.0 Å². The average molecular weight is 516 g/mol. The lowest BCUT2D eigenvalue weighted by Crippen LogP contribution is -2.40. The van der Waals surface area contributed by atoms with E-state index in [4.69, 9.17) is 5.73 Å². The van der Waals surface area contributed by atoms with Crippen LogP contribution in [0, 0.1) is 17.6 Å². The monoisotopic (exact) mass is 515 g/mol. The number of hydrogen-bond donors (Lipinski definition) is 2. The SMILES string of the molecule is CC1CN(c2nccc(S(=O)(=O)c3cccc(NCc4cccc(F)c4F)n3)c2C(N)=O)C(C)(C)C1. The van der Waals surface area contributed by atoms with E-state index in [1.54, 1.807) is 0 Å². The van der Waals surface area contributed by atoms with Gasteiger partial charge in [-0.15, -0.1) is 0 Å². The number of halogens is 2. The fourth-order valence-electron chi connectivity index (χ4n) is 4.70. The number of carbonyl (C=O) groups excluding carboxylic acids is 1. The third kappa shape index (κ3) is 4.75. The summed E-state index contributed by atoms with van der Waals surface area (Å²) < 4.78 is 54.7. The van der Waals surface area contributed by atoms with Gasteiger partial charge in [-0.3, -0.25) is 4.79 Å². The molecule has 0 radical (unpaired) electrons. The Balaban J connectivity index is 1.71. The van der Waals surface area contributed by atoms with Gasteiger partial charge in [0, 0.05) is 30.4 Å². The first-order chi connectivity index (χ1) is 16.9. The summed E-state index contributed by atoms with van der Waals surface area (Å²) in [4.78, 5) is 22.7. The Bertz CT molecular complexity index is 1430. The van der Waals surface area contributed by atoms with E-state index in [1.165, 1.54) is 42.6 Å². The maximum Gasteiger partial charge on any atom is 0.253 e. The minimum absolute atomic E-state index is 0.0577. The van der Waals surface area contributed by atoms with E-state index in [2.05, 4.69) is 22.2 Å². The lowest BCUT2D eigenvalue weighted by atomic mass is 9.97. The van der Waals surface area contributed by atoms with Gasteiger partial charge in [0.15, 0.2) is 16.7 Å². The average Bonchev–Trinajstić information content (AvgIpc) is 3.11. The number of carbonyl (C=O) groups is 1. The smallest absolute Gasteiger partial charge is 0.253 e. The van der Waals surface area contributed by atoms with E-state index in [1.807, 2.05) is 18.7 Å². The van der Waals surface area contributed by atoms with E-state index in [-0.39, 0.29) is 44.8 Å². The van der Waals surface area contributed by atoms with Crippen molar-refractivity contribution in [3.8, 4) is 0 Å². The summed E-state index contributed by atoms with van der Waals surface area (Å²) in [5.74, 6) is -2.24. The molecule has 1 aromatic carbocycles. The number of aromatic nitrogens is 2. The highest BCUT2D eigenvalue weighted by Gasteiger charge is 2.40. The number of primary amides is 1. The molecule has 36 heavy (non-hydrogen) atoms. The van der Waals surface area contributed by atoms with Crippen molar-refractivity contribution in [3.05, 3.63) is 71.4 Å². The normalized spacial score (nSPS) is 17.2. The summed E-state index contributed by atoms with van der Waals surface area (Å²) in [6, 6.07) is 9.26. The summed E-state index contributed by atoms with van der Waals surface area (Å²) in [7, 11) is -4.29. The molecular formula is C25H27F2N5O3S. The van der Waals surface area contributed by atoms with Crippen LogP contribution in [0.2, 0.25) is 0 Å². The molecule has 3 aromatic rings. The number of anilines is 2. The van der Waals surface area contributed by atoms with E-state index in [9.17, 15) is 22.0 Å². The van der Waals surface area contributed by atoms with Crippen molar-refractivity contribution >= 4 is 27.4 Å². The van der Waals surface area contributed by atoms with Crippen LogP contribution < -0.4 is 16.0 Å². The van der Waals surface area contributed by atoms with Crippen LogP contribution in [0.1, 0.15) is 43.1 Å². The highest BCUT2D eigenvalue weighted by atomic mass is 32.2. The predicted molar refractivity (Wildman–Crippen MR) is 131 cm³/mol. The van der Waals surface area contributed by atoms with E-state index in [0.29, 0.717) is 12.5 Å². The van der Waals surface area contributed by atoms with E-state index in [0.717, 1.165) is 12.5 Å². The molecule has 1 saturated heterocycles. The molecule has 190 valence electrons. The Morgan fingerprint density at radius 3 is 2.58 bits per heavy atom. The van der Waals surface area contributed by atoms with Gasteiger partial charge in [-0.2, -0.15) is 0 Å². The molecule has 1 fully saturated rings. The zero-order valence-electron chi connectivity index (χ0n) is 20.1. The van der Waals surface area contributed by atoms with Crippen LogP contribution in [0.15, 0.2) is 58.6 Å². The third-order valence-corrected chi connectivity index (χ3v) is 7.94. The molecule has 11 heteroatoms. The molecule has 1 atom stereocenters. The Morgan fingerprint density at radius 2 is 1.92 bits per heavy atom. The predicted octanol–water partition coefficient (Wildman–Crippen LogP) is 3.92. The number of nitrogens with one attached hydrogen (secondary N) is 1. The number of amides is 1. The quantitative estimate of drug-likeness (QED) is 0.490. The third-order valence-electron chi connectivity index (χ3n) is 6.25. The topological polar surface area (TPSA) is 118 Å². The Labute approximate surface area is 208 Å². The second-order valence-corrected chi connectivity index (χ2v) is 11.4. The van der Waals surface area contributed by atoms with Crippen molar-refractivity contribution in [1.29, 1.82) is 0 Å². The van der Waals surface area contributed by atoms with Crippen molar-refractivity contribution in [2.24, 2.45) is 11.7 Å². The van der Waals surface area contributed by atoms with Crippen LogP contribution in [0.4, 0.5) is 20.4 Å². The molecule has 8 nitrogen and oxygen atoms in total. The van der Waals surface area contributed by atoms with Crippen LogP contribution in [-0.4, -0.2) is 36.4 Å². The van der Waals surface area contributed by atoms with Crippen LogP contribution >= 0.6 is 0 Å². The second kappa shape index (κ2) is 9.45. The first-order valence-electron chi connectivity index (χ1n) is 11.4. The molecule has 0 spiro atoms. The summed E-state index contributed by atoms with van der Waals surface area (Å²) in [6.45, 7) is 6.56. The highest BCUT2D eigenvalue weighted by molar-refractivity contribution is 7.91. The van der Waals surface area contributed by atoms with Gasteiger partial charge < -0.3 is 16.0 Å². The van der Waals surface area contributed by atoms with Crippen molar-refractivity contribution in [2.75, 3.05) is 16.8 Å². The standard InChI is InChI=1S/C25H27F2N5O3S/c1-15-12-25(2,3)32(14-15)24-21(23(28)33)18(10-11-29-24)36(34,35)20-9-5-8-19(31-20)30-13-16-6-4-7-17(26)22(16)27/h4-11,15H,12-14H2,1-3H3,(H2,28,33)(H,30,31). The molecule has 4 rings (SSSR count). The number of sulfone groups is 1. The Morgan fingerprint density at radius 1 is 1.19 bits per heavy atom. The van der Waals surface area contributed by atoms with Crippen molar-refractivity contribution in [3.63, 3.8) is 0 Å². The highest BCUT2D eigenvalue weighted by Crippen LogP contribution is 2.39. The van der Waals surface area contributed by atoms with Crippen molar-refractivity contribution in [1.82, 2.24) is 9.97 Å². The Kier molecular flexibility index (Phi) is 6.70. The number of rotatable bonds is 7. The minimum atomic E-state index is -4.29. The number of nitrogens with zero attached hydrogens (tertiary/aromatic N) is 3. The van der Waals surface area contributed by atoms with Gasteiger partial charge in [-0.05, 0) is 50.5 Å². The molecule has 3 N–H and O–H groups in total. The van der Waals surface area contributed by atoms with Crippen LogP contribution in [0.25, 0.3) is 0 Å². The summed E-state index contributed by atoms with van der Waals surface area (Å²) >= 11 is 0. The molecule has 1 aliphatic heterocycles. The fourth-order valence-corrected chi connectivity index (χ4v) is 6.10. The Hall–Kier alpha value is -3.60. The number of benzene rings is 1. The fraction of sp³-hybridized carbons (Fsp3) is 0.320. The molecule has 0 saturated carbocycles. The summed E-state index contributed by atoms with van der Waals surface area (Å²) in [6.07, 6.45) is 2.17. The van der Waals surface area contributed by atoms with Crippen LogP contribution in [0.3, 0.4) is 0 Å². The second-order valence-electron chi connectivity index (χ2n) is 9.54. The number of pyridine rings is 2. The van der Waals surface area contributed by atoms with Crippen LogP contribution in [0.5, 0.6) is 0 Å². The molecule has 0 bridgehead atoms. The van der Waals surface area contributed by atoms with Gasteiger partial charge in [-0.25, -0.2) is 27.2 Å². The van der Waals surface area contributed by atoms with Crippen LogP contribution in [-0.2, 0) is 16.4 Å². The lowest BCUT2D eigenvalue weighted by molar-refractivity contribution is 0.0997. The lowest BCUT2D eigenvalue weighted by Gasteiger charge is -2.33. The van der Waals surface area contributed by atoms with E-state index < -0.39 is 27.4 Å². The van der Waals surface area contributed by atoms with Gasteiger partial charge in [0.25, 0.3) is 5.91 Å². The first-order valence-corrected chi connectivity index (χ1v) is 12.9. The van der Waals surface area contributed by atoms with Gasteiger partial charge in [-0.1, -0.05) is 25.1 Å². The largest absolute Gasteiger partial charge is 0.366 e. The van der Waals surface area contributed by atoms with E-state index >= 15 is 0 Å². The van der Waals surface area contributed by atoms with Gasteiger partial charge in [0.2, 0.25) is 9.84 Å². The summed E-state index contributed by atoms with van der Waals surface area (Å²) in [5, 5.41) is 2.48. The molecule has 3 heterocycles. The minimum Gasteiger partial charge on any atom is -0.366 e. The van der Waals surface area contributed by atoms with Gasteiger partial charge in [0.05, 0.1) is 4.90 Å². The zero-order chi connectivity index (χ0) is 26.3. The maximum atomic E-state index is 14.0. The summed E-state index contributed by atoms with van der Waals surface area (Å²) in [5.41, 5.74) is 5.19. The molecule has 1 unspecified atom stereocenters. The molecule has 1 aliphatic rings. The van der Waals surface area contributed by atoms with Gasteiger partial charge in [0.1, 0.15) is 17.2 Å². The molecule has 0 aliphatic carbocycles. The zero-order valence-corrected chi connectivity index (χ0v) is 20.9. The van der Waals surface area contributed by atoms with Crippen molar-refractivity contribution in [2.45, 2.75) is 49.2 Å². The molecule has 2 aromatic heterocycles. The number of nitrogens with two attached hydrogens (primary N) is 1. The molecular weight excluding hydrogens is 488 g/mol. The number of hydrogen-bond acceptors (Lipinski definition) is 7. The first kappa shape index (κ1) is 25.5. The maximum absolute atomic E-state index is 14.0. The molecule has 1 amide bonds.